The lowest BCUT2D eigenvalue weighted by Gasteiger charge is -1.92. The van der Waals surface area contributed by atoms with Gasteiger partial charge in [-0.1, -0.05) is 0 Å². The molecule has 1 aromatic rings. The molecule has 2 heteroatoms. The highest BCUT2D eigenvalue weighted by Gasteiger charge is 2.11. The van der Waals surface area contributed by atoms with Gasteiger partial charge in [0.05, 0.1) is 12.5 Å². The quantitative estimate of drug-likeness (QED) is 0.444. The van der Waals surface area contributed by atoms with Gasteiger partial charge in [0.25, 0.3) is 0 Å². The molecule has 0 unspecified atom stereocenters. The molecule has 1 aromatic heterocycles. The van der Waals surface area contributed by atoms with Crippen molar-refractivity contribution in [3.05, 3.63) is 23.8 Å². The van der Waals surface area contributed by atoms with Gasteiger partial charge in [-0.2, -0.15) is 0 Å². The van der Waals surface area contributed by atoms with Gasteiger partial charge >= 0.3 is 5.82 Å². The van der Waals surface area contributed by atoms with Crippen LogP contribution in [0.3, 0.4) is 0 Å². The fourth-order valence-electron chi connectivity index (χ4n) is 1.08. The maximum atomic E-state index is 2.12. The molecular weight excluding hydrogens is 124 g/mol. The molecule has 0 spiro atoms. The number of hydrogen-bond acceptors (Lipinski definition) is 0. The highest BCUT2D eigenvalue weighted by Crippen LogP contribution is 1.85. The van der Waals surface area contributed by atoms with Gasteiger partial charge in [-0.15, -0.1) is 9.13 Å². The predicted molar refractivity (Wildman–Crippen MR) is 38.3 cm³/mol. The average Bonchev–Trinajstić information content (AvgIpc) is 1.82. The van der Waals surface area contributed by atoms with Crippen molar-refractivity contribution in [2.45, 2.75) is 13.8 Å². The van der Waals surface area contributed by atoms with Gasteiger partial charge in [0.15, 0.2) is 12.4 Å². The monoisotopic (exact) mass is 138 g/mol. The molecule has 0 aliphatic carbocycles. The Bertz CT molecular complexity index is 230. The highest BCUT2D eigenvalue weighted by molar-refractivity contribution is 4.91. The highest BCUT2D eigenvalue weighted by atomic mass is 15.1. The molecule has 0 saturated carbocycles. The topological polar surface area (TPSA) is 7.76 Å². The number of hydrogen-bond donors (Lipinski definition) is 0. The van der Waals surface area contributed by atoms with E-state index in [2.05, 4.69) is 49.5 Å². The summed E-state index contributed by atoms with van der Waals surface area (Å²) in [7, 11) is 4.12. The third kappa shape index (κ3) is 1.15. The van der Waals surface area contributed by atoms with Crippen LogP contribution in [-0.2, 0) is 14.1 Å². The van der Waals surface area contributed by atoms with E-state index >= 15 is 0 Å². The van der Waals surface area contributed by atoms with Crippen molar-refractivity contribution in [2.75, 3.05) is 0 Å². The summed E-state index contributed by atoms with van der Waals surface area (Å²) >= 11 is 0. The molecule has 54 valence electrons. The molecule has 0 saturated heterocycles. The predicted octanol–water partition coefficient (Wildman–Crippen LogP) is -0.0476. The van der Waals surface area contributed by atoms with E-state index in [4.69, 9.17) is 0 Å². The van der Waals surface area contributed by atoms with Crippen molar-refractivity contribution in [1.29, 1.82) is 0 Å². The van der Waals surface area contributed by atoms with Crippen LogP contribution in [0.2, 0.25) is 0 Å². The lowest BCUT2D eigenvalue weighted by Crippen LogP contribution is -2.47. The van der Waals surface area contributed by atoms with E-state index in [0.717, 1.165) is 0 Å². The smallest absolute Gasteiger partial charge is 0.150 e. The number of aryl methyl sites for hydroxylation is 3. The van der Waals surface area contributed by atoms with E-state index in [0.29, 0.717) is 0 Å². The molecule has 0 N–H and O–H groups in total. The van der Waals surface area contributed by atoms with Gasteiger partial charge in [0.1, 0.15) is 14.1 Å². The second-order valence-corrected chi connectivity index (χ2v) is 2.77. The molecule has 0 radical (unpaired) electrons. The van der Waals surface area contributed by atoms with E-state index in [-0.39, 0.29) is 0 Å². The number of rotatable bonds is 0. The first-order chi connectivity index (χ1) is 4.61. The Labute approximate surface area is 61.8 Å². The molecule has 2 nitrogen and oxygen atoms in total. The van der Waals surface area contributed by atoms with E-state index in [1.165, 1.54) is 11.4 Å². The second kappa shape index (κ2) is 2.37. The lowest BCUT2D eigenvalue weighted by atomic mass is 10.4. The zero-order valence-electron chi connectivity index (χ0n) is 7.05. The molecule has 0 bridgehead atoms. The zero-order chi connectivity index (χ0) is 7.72. The lowest BCUT2D eigenvalue weighted by molar-refractivity contribution is -0.815. The van der Waals surface area contributed by atoms with Crippen LogP contribution in [0.1, 0.15) is 11.4 Å². The first-order valence-corrected chi connectivity index (χ1v) is 3.44. The van der Waals surface area contributed by atoms with Gasteiger partial charge < -0.3 is 0 Å². The summed E-state index contributed by atoms with van der Waals surface area (Å²) in [5.41, 5.74) is 1.29. The summed E-state index contributed by atoms with van der Waals surface area (Å²) < 4.78 is 4.24. The van der Waals surface area contributed by atoms with Crippen molar-refractivity contribution in [1.82, 2.24) is 0 Å². The van der Waals surface area contributed by atoms with Crippen LogP contribution < -0.4 is 9.13 Å². The van der Waals surface area contributed by atoms with Crippen molar-refractivity contribution < 1.29 is 9.13 Å². The Morgan fingerprint density at radius 3 is 1.80 bits per heavy atom. The summed E-state index contributed by atoms with van der Waals surface area (Å²) in [5, 5.41) is 0. The molecule has 0 atom stereocenters. The Hall–Kier alpha value is -0.920. The fourth-order valence-corrected chi connectivity index (χ4v) is 1.08. The van der Waals surface area contributed by atoms with Crippen molar-refractivity contribution in [3.63, 3.8) is 0 Å². The maximum Gasteiger partial charge on any atom is 0.414 e. The van der Waals surface area contributed by atoms with Crippen LogP contribution in [0.4, 0.5) is 0 Å². The molecule has 0 amide bonds. The minimum atomic E-state index is 1.26. The van der Waals surface area contributed by atoms with Crippen LogP contribution in [0.15, 0.2) is 12.4 Å². The molecule has 0 aromatic carbocycles. The third-order valence-corrected chi connectivity index (χ3v) is 1.82. The summed E-state index contributed by atoms with van der Waals surface area (Å²) in [6, 6.07) is 0. The summed E-state index contributed by atoms with van der Waals surface area (Å²) in [6.07, 6.45) is 4.24. The van der Waals surface area contributed by atoms with Crippen LogP contribution in [0.25, 0.3) is 0 Å². The minimum absolute atomic E-state index is 1.26. The first-order valence-electron chi connectivity index (χ1n) is 3.44. The van der Waals surface area contributed by atoms with Gasteiger partial charge in [0, 0.05) is 0 Å². The van der Waals surface area contributed by atoms with Gasteiger partial charge in [-0.05, 0) is 6.92 Å². The van der Waals surface area contributed by atoms with Crippen LogP contribution >= 0.6 is 0 Å². The van der Waals surface area contributed by atoms with Crippen molar-refractivity contribution >= 4 is 0 Å². The third-order valence-electron chi connectivity index (χ3n) is 1.82. The SMILES string of the molecule is Cc1c[n+](C)c(C)[n+](C)c1. The molecule has 10 heavy (non-hydrogen) atoms. The Kier molecular flexibility index (Phi) is 1.70. The van der Waals surface area contributed by atoms with Crippen molar-refractivity contribution in [3.8, 4) is 0 Å². The average molecular weight is 138 g/mol. The minimum Gasteiger partial charge on any atom is -0.150 e. The van der Waals surface area contributed by atoms with Gasteiger partial charge in [-0.25, -0.2) is 0 Å². The van der Waals surface area contributed by atoms with Gasteiger partial charge in [-0.3, -0.25) is 0 Å². The molecular formula is C8H14N2+2. The van der Waals surface area contributed by atoms with Crippen molar-refractivity contribution in [2.24, 2.45) is 14.1 Å². The zero-order valence-corrected chi connectivity index (χ0v) is 7.05. The van der Waals surface area contributed by atoms with E-state index < -0.39 is 0 Å². The molecule has 1 heterocycles. The molecule has 1 rings (SSSR count). The first kappa shape index (κ1) is 7.19. The summed E-state index contributed by atoms with van der Waals surface area (Å²) in [4.78, 5) is 0. The summed E-state index contributed by atoms with van der Waals surface area (Å²) in [6.45, 7) is 4.19. The Morgan fingerprint density at radius 1 is 1.00 bits per heavy atom. The normalized spacial score (nSPS) is 10.0. The maximum absolute atomic E-state index is 2.12. The standard InChI is InChI=1S/C8H14N2/c1-7-5-9(3)8(2)10(4)6-7/h5-6H,1-4H3/q+2. The molecule has 0 fully saturated rings. The van der Waals surface area contributed by atoms with Crippen LogP contribution in [-0.4, -0.2) is 0 Å². The number of nitrogens with zero attached hydrogens (tertiary/aromatic N) is 2. The Morgan fingerprint density at radius 2 is 1.40 bits per heavy atom. The molecule has 0 aliphatic heterocycles. The van der Waals surface area contributed by atoms with E-state index in [1.54, 1.807) is 0 Å². The summed E-state index contributed by atoms with van der Waals surface area (Å²) in [5.74, 6) is 1.26. The van der Waals surface area contributed by atoms with Gasteiger partial charge in [0.2, 0.25) is 0 Å². The number of aromatic nitrogens is 2. The fraction of sp³-hybridized carbons (Fsp3) is 0.500. The Balaban J connectivity index is 3.31. The van der Waals surface area contributed by atoms with Crippen LogP contribution in [0.5, 0.6) is 0 Å². The molecule has 0 aliphatic rings. The van der Waals surface area contributed by atoms with E-state index in [1.807, 2.05) is 0 Å². The largest absolute Gasteiger partial charge is 0.414 e. The second-order valence-electron chi connectivity index (χ2n) is 2.77. The van der Waals surface area contributed by atoms with Crippen LogP contribution in [0, 0.1) is 13.8 Å². The van der Waals surface area contributed by atoms with E-state index in [9.17, 15) is 0 Å².